The second-order valence-corrected chi connectivity index (χ2v) is 8.50. The summed E-state index contributed by atoms with van der Waals surface area (Å²) in [6.45, 7) is 9.23. The third-order valence-electron chi connectivity index (χ3n) is 5.47. The van der Waals surface area contributed by atoms with Crippen molar-refractivity contribution in [1.82, 2.24) is 19.8 Å². The predicted octanol–water partition coefficient (Wildman–Crippen LogP) is 2.10. The first-order chi connectivity index (χ1) is 14.1. The van der Waals surface area contributed by atoms with Crippen LogP contribution in [0.4, 0.5) is 5.82 Å². The molecule has 2 aliphatic rings. The minimum Gasteiger partial charge on any atom is -0.353 e. The fourth-order valence-electron chi connectivity index (χ4n) is 4.00. The van der Waals surface area contributed by atoms with E-state index in [9.17, 15) is 4.79 Å². The lowest BCUT2D eigenvalue weighted by Gasteiger charge is -2.38. The molecule has 8 nitrogen and oxygen atoms in total. The number of carbonyl (C=O) groups is 1. The van der Waals surface area contributed by atoms with Gasteiger partial charge in [-0.3, -0.25) is 9.69 Å². The molecule has 1 N–H and O–H groups in total. The van der Waals surface area contributed by atoms with E-state index >= 15 is 0 Å². The molecule has 9 heteroatoms. The Morgan fingerprint density at radius 1 is 1.28 bits per heavy atom. The number of rotatable bonds is 6. The minimum absolute atomic E-state index is 0.389. The molecule has 1 aromatic heterocycles. The number of aliphatic imine (C=N–C) groups is 1. The van der Waals surface area contributed by atoms with E-state index in [4.69, 9.17) is 4.55 Å². The zero-order chi connectivity index (χ0) is 20.6. The Hall–Kier alpha value is -1.81. The van der Waals surface area contributed by atoms with Gasteiger partial charge in [-0.2, -0.15) is 0 Å². The van der Waals surface area contributed by atoms with Gasteiger partial charge in [-0.05, 0) is 39.3 Å². The van der Waals surface area contributed by atoms with Crippen molar-refractivity contribution in [2.75, 3.05) is 57.8 Å². The van der Waals surface area contributed by atoms with Crippen LogP contribution in [-0.2, 0) is 4.79 Å². The summed E-state index contributed by atoms with van der Waals surface area (Å²) in [7, 11) is 2.22. The first-order valence-corrected chi connectivity index (χ1v) is 10.9. The number of aromatic nitrogens is 2. The second-order valence-electron chi connectivity index (χ2n) is 7.73. The van der Waals surface area contributed by atoms with Crippen molar-refractivity contribution in [3.63, 3.8) is 0 Å². The van der Waals surface area contributed by atoms with Crippen molar-refractivity contribution in [2.45, 2.75) is 19.8 Å². The number of allylic oxidation sites excluding steroid dienone is 1. The van der Waals surface area contributed by atoms with Gasteiger partial charge in [-0.1, -0.05) is 0 Å². The Bertz CT molecular complexity index is 731. The maximum absolute atomic E-state index is 10.9. The van der Waals surface area contributed by atoms with E-state index < -0.39 is 0 Å². The Morgan fingerprint density at radius 2 is 2.07 bits per heavy atom. The van der Waals surface area contributed by atoms with Crippen molar-refractivity contribution >= 4 is 34.9 Å². The van der Waals surface area contributed by atoms with Crippen LogP contribution in [0.1, 0.15) is 25.5 Å². The Balaban J connectivity index is 1.56. The summed E-state index contributed by atoms with van der Waals surface area (Å²) in [5.74, 6) is 1.62. The van der Waals surface area contributed by atoms with Gasteiger partial charge in [-0.25, -0.2) is 15.0 Å². The fraction of sp³-hybridized carbons (Fsp3) is 0.600. The summed E-state index contributed by atoms with van der Waals surface area (Å²) < 4.78 is 9.07. The number of piperidine rings is 1. The summed E-state index contributed by atoms with van der Waals surface area (Å²) >= 11 is 0.542. The molecule has 1 aromatic rings. The summed E-state index contributed by atoms with van der Waals surface area (Å²) in [6.07, 6.45) is 8.00. The van der Waals surface area contributed by atoms with E-state index in [1.807, 2.05) is 0 Å². The van der Waals surface area contributed by atoms with Crippen molar-refractivity contribution < 1.29 is 9.35 Å². The maximum atomic E-state index is 10.9. The van der Waals surface area contributed by atoms with Crippen molar-refractivity contribution in [3.05, 3.63) is 24.2 Å². The molecule has 0 amide bonds. The zero-order valence-electron chi connectivity index (χ0n) is 17.2. The van der Waals surface area contributed by atoms with E-state index in [1.165, 1.54) is 38.6 Å². The number of aldehydes is 1. The molecule has 0 aromatic carbocycles. The van der Waals surface area contributed by atoms with Crippen molar-refractivity contribution in [3.8, 4) is 0 Å². The molecule has 3 heterocycles. The average molecular weight is 419 g/mol. The molecule has 0 aliphatic carbocycles. The van der Waals surface area contributed by atoms with Crippen LogP contribution in [0, 0.1) is 5.92 Å². The van der Waals surface area contributed by atoms with Gasteiger partial charge in [0, 0.05) is 57.4 Å². The average Bonchev–Trinajstić information content (AvgIpc) is 2.74. The third-order valence-corrected chi connectivity index (χ3v) is 5.83. The predicted molar refractivity (Wildman–Crippen MR) is 118 cm³/mol. The van der Waals surface area contributed by atoms with Crippen LogP contribution >= 0.6 is 12.0 Å². The molecule has 0 bridgehead atoms. The van der Waals surface area contributed by atoms with Crippen molar-refractivity contribution in [2.24, 2.45) is 10.9 Å². The minimum atomic E-state index is 0.389. The van der Waals surface area contributed by atoms with Gasteiger partial charge in [-0.15, -0.1) is 0 Å². The van der Waals surface area contributed by atoms with Crippen LogP contribution in [0.5, 0.6) is 0 Å². The van der Waals surface area contributed by atoms with Crippen molar-refractivity contribution in [1.29, 1.82) is 0 Å². The quantitative estimate of drug-likeness (QED) is 0.247. The van der Waals surface area contributed by atoms with Crippen LogP contribution in [-0.4, -0.2) is 88.5 Å². The number of hydrogen-bond acceptors (Lipinski definition) is 9. The first-order valence-electron chi connectivity index (χ1n) is 10.1. The molecule has 1 unspecified atom stereocenters. The fourth-order valence-corrected chi connectivity index (χ4v) is 4.14. The summed E-state index contributed by atoms with van der Waals surface area (Å²) in [5, 5.41) is 0.434. The van der Waals surface area contributed by atoms with Crippen LogP contribution in [0.2, 0.25) is 0 Å². The SMILES string of the molecule is CC(=N/C(=C/C=O)c1cnc(N2CCN(CC3CCCN(C)C3)CC2)cn1)SO. The van der Waals surface area contributed by atoms with Crippen LogP contribution < -0.4 is 4.90 Å². The molecule has 0 saturated carbocycles. The molecule has 2 aliphatic heterocycles. The van der Waals surface area contributed by atoms with E-state index in [-0.39, 0.29) is 0 Å². The van der Waals surface area contributed by atoms with Gasteiger partial charge in [0.25, 0.3) is 0 Å². The zero-order valence-corrected chi connectivity index (χ0v) is 18.0. The molecule has 29 heavy (non-hydrogen) atoms. The molecule has 158 valence electrons. The number of likely N-dealkylation sites (tertiary alicyclic amines) is 1. The molecule has 1 atom stereocenters. The number of anilines is 1. The molecule has 2 fully saturated rings. The topological polar surface area (TPSA) is 85.2 Å². The monoisotopic (exact) mass is 418 g/mol. The standard InChI is InChI=1S/C20H30N6O2S/c1-16(29-28)23-18(5-11-27)19-12-22-20(13-21-19)26-9-7-25(8-10-26)15-17-4-3-6-24(2)14-17/h5,11-13,17,28H,3-4,6-10,14-15H2,1-2H3/b18-5+,23-16?. The van der Waals surface area contributed by atoms with Crippen LogP contribution in [0.3, 0.4) is 0 Å². The Kier molecular flexibility index (Phi) is 8.17. The highest BCUT2D eigenvalue weighted by molar-refractivity contribution is 8.09. The Labute approximate surface area is 176 Å². The van der Waals surface area contributed by atoms with Gasteiger partial charge >= 0.3 is 0 Å². The van der Waals surface area contributed by atoms with Gasteiger partial charge in [0.1, 0.15) is 17.8 Å². The number of carbonyl (C=O) groups excluding carboxylic acids is 1. The normalized spacial score (nSPS) is 22.7. The maximum Gasteiger partial charge on any atom is 0.147 e. The van der Waals surface area contributed by atoms with Crippen LogP contribution in [0.15, 0.2) is 23.5 Å². The largest absolute Gasteiger partial charge is 0.353 e. The summed E-state index contributed by atoms with van der Waals surface area (Å²) in [4.78, 5) is 31.3. The highest BCUT2D eigenvalue weighted by Crippen LogP contribution is 2.20. The van der Waals surface area contributed by atoms with E-state index in [1.54, 1.807) is 19.3 Å². The number of hydrogen-bond donors (Lipinski definition) is 1. The molecule has 3 rings (SSSR count). The second kappa shape index (κ2) is 10.8. The molecule has 0 radical (unpaired) electrons. The molecule has 0 spiro atoms. The number of piperazine rings is 1. The van der Waals surface area contributed by atoms with Gasteiger partial charge in [0.05, 0.1) is 23.1 Å². The van der Waals surface area contributed by atoms with E-state index in [0.29, 0.717) is 34.8 Å². The molecular weight excluding hydrogens is 388 g/mol. The van der Waals surface area contributed by atoms with Crippen LogP contribution in [0.25, 0.3) is 5.70 Å². The van der Waals surface area contributed by atoms with E-state index in [2.05, 4.69) is 36.7 Å². The highest BCUT2D eigenvalue weighted by Gasteiger charge is 2.23. The Morgan fingerprint density at radius 3 is 2.69 bits per heavy atom. The summed E-state index contributed by atoms with van der Waals surface area (Å²) in [6, 6.07) is 0. The lowest BCUT2D eigenvalue weighted by Crippen LogP contribution is -2.49. The summed E-state index contributed by atoms with van der Waals surface area (Å²) in [5.41, 5.74) is 0.898. The molecular formula is C20H30N6O2S. The highest BCUT2D eigenvalue weighted by atomic mass is 32.2. The smallest absolute Gasteiger partial charge is 0.147 e. The lowest BCUT2D eigenvalue weighted by atomic mass is 9.97. The first kappa shape index (κ1) is 21.9. The van der Waals surface area contributed by atoms with Gasteiger partial charge in [0.2, 0.25) is 0 Å². The van der Waals surface area contributed by atoms with Gasteiger partial charge < -0.3 is 14.4 Å². The third kappa shape index (κ3) is 6.33. The van der Waals surface area contributed by atoms with E-state index in [0.717, 1.165) is 37.9 Å². The number of nitrogens with zero attached hydrogens (tertiary/aromatic N) is 6. The molecule has 2 saturated heterocycles. The van der Waals surface area contributed by atoms with Gasteiger partial charge in [0.15, 0.2) is 0 Å². The lowest BCUT2D eigenvalue weighted by molar-refractivity contribution is -0.104.